The Labute approximate surface area is 387 Å². The molecule has 11 rings (SSSR count). The van der Waals surface area contributed by atoms with Crippen LogP contribution in [0.5, 0.6) is 0 Å². The lowest BCUT2D eigenvalue weighted by Crippen LogP contribution is -2.16. The number of benzene rings is 3. The fourth-order valence-electron chi connectivity index (χ4n) is 8.72. The van der Waals surface area contributed by atoms with Gasteiger partial charge in [0.05, 0.1) is 54.5 Å². The summed E-state index contributed by atoms with van der Waals surface area (Å²) in [7, 11) is 5.32. The summed E-state index contributed by atoms with van der Waals surface area (Å²) in [6, 6.07) is 34.9. The van der Waals surface area contributed by atoms with E-state index in [2.05, 4.69) is 45.9 Å². The standard InChI is InChI=1S/C52H41N13O3/c1-63-27-53-24-44(63)50(66)60-33-13-7-4-10-30(33)47-38-18-16-36(56-38)37-17-19-39(57-37)48(31-11-5-8-14-34(31)61-51(67)45-25-54-28-64(45)2)41-21-23-43(59-41)49(42-22-20-40(47)58-42)32-12-6-9-15-35(32)62-52(68)46-26-55-29-65(46)3/h4-29,56,58-59H,1-3H3,(H,60,66)(H,61,67)(H,62,68). The monoisotopic (exact) mass is 895 g/mol. The van der Waals surface area contributed by atoms with Crippen LogP contribution in [0.4, 0.5) is 17.1 Å². The zero-order chi connectivity index (χ0) is 46.5. The molecule has 0 atom stereocenters. The van der Waals surface area contributed by atoms with Crippen molar-refractivity contribution >= 4 is 80.0 Å². The van der Waals surface area contributed by atoms with E-state index in [9.17, 15) is 14.4 Å². The molecule has 8 bridgehead atoms. The van der Waals surface area contributed by atoms with E-state index in [1.807, 2.05) is 121 Å². The van der Waals surface area contributed by atoms with Gasteiger partial charge >= 0.3 is 0 Å². The van der Waals surface area contributed by atoms with E-state index in [-0.39, 0.29) is 17.7 Å². The molecule has 16 nitrogen and oxygen atoms in total. The van der Waals surface area contributed by atoms with Crippen molar-refractivity contribution < 1.29 is 14.4 Å². The Kier molecular flexibility index (Phi) is 10.1. The Morgan fingerprint density at radius 1 is 0.412 bits per heavy atom. The molecule has 6 N–H and O–H groups in total. The van der Waals surface area contributed by atoms with Crippen LogP contribution in [0.3, 0.4) is 0 Å². The van der Waals surface area contributed by atoms with Crippen LogP contribution in [0.25, 0.3) is 78.6 Å². The van der Waals surface area contributed by atoms with Crippen LogP contribution >= 0.6 is 0 Å². The third kappa shape index (κ3) is 7.37. The number of amides is 3. The molecule has 0 saturated carbocycles. The molecule has 0 saturated heterocycles. The Bertz CT molecular complexity index is 3800. The van der Waals surface area contributed by atoms with Gasteiger partial charge < -0.3 is 44.6 Å². The lowest BCUT2D eigenvalue weighted by Gasteiger charge is -2.13. The predicted octanol–water partition coefficient (Wildman–Crippen LogP) is 9.65. The first kappa shape index (κ1) is 41.2. The van der Waals surface area contributed by atoms with E-state index in [4.69, 9.17) is 4.98 Å². The molecule has 0 fully saturated rings. The van der Waals surface area contributed by atoms with Crippen molar-refractivity contribution in [3.05, 3.63) is 175 Å². The maximum absolute atomic E-state index is 13.8. The number of carbonyl (C=O) groups is 3. The predicted molar refractivity (Wildman–Crippen MR) is 265 cm³/mol. The van der Waals surface area contributed by atoms with Crippen molar-refractivity contribution in [3.63, 3.8) is 0 Å². The highest BCUT2D eigenvalue weighted by Crippen LogP contribution is 2.40. The van der Waals surface area contributed by atoms with Crippen LogP contribution in [-0.2, 0) is 21.1 Å². The minimum absolute atomic E-state index is 0.309. The van der Waals surface area contributed by atoms with Crippen molar-refractivity contribution in [1.82, 2.24) is 48.6 Å². The summed E-state index contributed by atoms with van der Waals surface area (Å²) in [4.78, 5) is 70.2. The van der Waals surface area contributed by atoms with E-state index < -0.39 is 0 Å². The van der Waals surface area contributed by atoms with Crippen molar-refractivity contribution in [2.75, 3.05) is 16.0 Å². The summed E-state index contributed by atoms with van der Waals surface area (Å²) in [5.74, 6) is -0.947. The molecule has 16 heteroatoms. The third-order valence-electron chi connectivity index (χ3n) is 12.1. The number of nitrogens with zero attached hydrogens (tertiary/aromatic N) is 7. The second kappa shape index (κ2) is 16.8. The quantitative estimate of drug-likeness (QED) is 0.0828. The first-order chi connectivity index (χ1) is 33.2. The summed E-state index contributed by atoms with van der Waals surface area (Å²) in [5, 5.41) is 9.42. The minimum Gasteiger partial charge on any atom is -0.354 e. The Balaban J connectivity index is 1.19. The van der Waals surface area contributed by atoms with Crippen molar-refractivity contribution in [2.24, 2.45) is 21.1 Å². The lowest BCUT2D eigenvalue weighted by atomic mass is 10.0. The summed E-state index contributed by atoms with van der Waals surface area (Å²) >= 11 is 0. The first-order valence-electron chi connectivity index (χ1n) is 21.6. The molecule has 3 amide bonds. The molecular formula is C52H41N13O3. The molecule has 10 aromatic rings. The van der Waals surface area contributed by atoms with Gasteiger partial charge in [-0.15, -0.1) is 0 Å². The number of hydrogen-bond acceptors (Lipinski definition) is 7. The van der Waals surface area contributed by atoms with Crippen LogP contribution in [0.15, 0.2) is 147 Å². The highest BCUT2D eigenvalue weighted by Gasteiger charge is 2.22. The number of imidazole rings is 3. The third-order valence-corrected chi connectivity index (χ3v) is 12.1. The molecular weight excluding hydrogens is 855 g/mol. The number of nitrogens with one attached hydrogen (secondary N) is 6. The van der Waals surface area contributed by atoms with Crippen LogP contribution in [0.1, 0.15) is 42.9 Å². The number of aromatic nitrogens is 10. The number of rotatable bonds is 9. The largest absolute Gasteiger partial charge is 0.354 e. The van der Waals surface area contributed by atoms with E-state index >= 15 is 0 Å². The fourth-order valence-corrected chi connectivity index (χ4v) is 8.72. The van der Waals surface area contributed by atoms with Crippen molar-refractivity contribution in [2.45, 2.75) is 0 Å². The average molecular weight is 896 g/mol. The lowest BCUT2D eigenvalue weighted by molar-refractivity contribution is 0.101. The smallest absolute Gasteiger partial charge is 0.273 e. The number of anilines is 3. The molecule has 68 heavy (non-hydrogen) atoms. The summed E-state index contributed by atoms with van der Waals surface area (Å²) < 4.78 is 5.01. The van der Waals surface area contributed by atoms with E-state index in [1.165, 1.54) is 18.6 Å². The highest BCUT2D eigenvalue weighted by atomic mass is 16.2. The van der Waals surface area contributed by atoms with Gasteiger partial charge in [0, 0.05) is 99.2 Å². The summed E-state index contributed by atoms with van der Waals surface area (Å²) in [6.07, 6.45) is 13.3. The van der Waals surface area contributed by atoms with Gasteiger partial charge in [-0.1, -0.05) is 54.6 Å². The zero-order valence-electron chi connectivity index (χ0n) is 36.9. The fraction of sp³-hybridized carbons (Fsp3) is 0.0577. The molecule has 8 heterocycles. The highest BCUT2D eigenvalue weighted by molar-refractivity contribution is 6.11. The molecule has 0 spiro atoms. The summed E-state index contributed by atoms with van der Waals surface area (Å²) in [5.41, 5.74) is 13.2. The van der Waals surface area contributed by atoms with Crippen LogP contribution < -0.4 is 16.0 Å². The second-order valence-corrected chi connectivity index (χ2v) is 16.4. The minimum atomic E-state index is -0.323. The van der Waals surface area contributed by atoms with Gasteiger partial charge in [0.1, 0.15) is 17.1 Å². The number of aryl methyl sites for hydroxylation is 3. The molecule has 7 aromatic heterocycles. The van der Waals surface area contributed by atoms with E-state index in [0.29, 0.717) is 45.5 Å². The molecule has 3 aromatic carbocycles. The van der Waals surface area contributed by atoms with Crippen LogP contribution in [0, 0.1) is 0 Å². The van der Waals surface area contributed by atoms with E-state index in [0.717, 1.165) is 66.5 Å². The van der Waals surface area contributed by atoms with Crippen molar-refractivity contribution in [1.29, 1.82) is 0 Å². The van der Waals surface area contributed by atoms with Gasteiger partial charge in [-0.3, -0.25) is 14.4 Å². The Morgan fingerprint density at radius 2 is 0.735 bits per heavy atom. The Hall–Kier alpha value is -9.57. The van der Waals surface area contributed by atoms with E-state index in [1.54, 1.807) is 53.8 Å². The van der Waals surface area contributed by atoms with Gasteiger partial charge in [-0.05, 0) is 66.7 Å². The molecule has 332 valence electrons. The van der Waals surface area contributed by atoms with Gasteiger partial charge in [0.25, 0.3) is 17.7 Å². The summed E-state index contributed by atoms with van der Waals surface area (Å²) in [6.45, 7) is 0. The Morgan fingerprint density at radius 3 is 1.12 bits per heavy atom. The first-order valence-corrected chi connectivity index (χ1v) is 21.6. The average Bonchev–Trinajstić information content (AvgIpc) is 4.20. The van der Waals surface area contributed by atoms with Crippen molar-refractivity contribution in [3.8, 4) is 33.4 Å². The molecule has 0 aliphatic carbocycles. The van der Waals surface area contributed by atoms with Crippen LogP contribution in [0.2, 0.25) is 0 Å². The molecule has 0 unspecified atom stereocenters. The second-order valence-electron chi connectivity index (χ2n) is 16.4. The normalized spacial score (nSPS) is 11.6. The number of fused-ring (bicyclic) bond motifs is 9. The topological polar surface area (TPSA) is 201 Å². The zero-order valence-corrected chi connectivity index (χ0v) is 36.9. The molecule has 0 radical (unpaired) electrons. The number of H-pyrrole nitrogens is 3. The van der Waals surface area contributed by atoms with Gasteiger partial charge in [0.15, 0.2) is 0 Å². The van der Waals surface area contributed by atoms with Gasteiger partial charge in [-0.2, -0.15) is 0 Å². The molecule has 1 aliphatic rings. The number of aromatic amines is 3. The number of para-hydroxylation sites is 3. The molecule has 1 aliphatic heterocycles. The number of hydrogen-bond donors (Lipinski definition) is 6. The SMILES string of the molecule is Cn1cncc1C(=O)Nc1ccccc1-c1c2nc(c3ccc([nH]3)c(-c3ccccc3NC(=O)c3cncn3C)c3ccc([nH]3)c(-c3ccccc3NC(=O)c3cncn3C)c3ccc1[nH]3)C=C2. The maximum atomic E-state index is 13.8. The van der Waals surface area contributed by atoms with Gasteiger partial charge in [0.2, 0.25) is 0 Å². The van der Waals surface area contributed by atoms with Crippen LogP contribution in [-0.4, -0.2) is 66.3 Å². The van der Waals surface area contributed by atoms with Gasteiger partial charge in [-0.25, -0.2) is 19.9 Å². The number of carbonyl (C=O) groups excluding carboxylic acids is 3. The maximum Gasteiger partial charge on any atom is 0.273 e.